The predicted octanol–water partition coefficient (Wildman–Crippen LogP) is 6.89. The largest absolute Gasteiger partial charge is 0.284 e. The van der Waals surface area contributed by atoms with Crippen molar-refractivity contribution < 1.29 is 0 Å². The number of hydrazone groups is 1. The molecule has 0 unspecified atom stereocenters. The van der Waals surface area contributed by atoms with Crippen molar-refractivity contribution in [3.63, 3.8) is 0 Å². The molecule has 0 atom stereocenters. The Labute approximate surface area is 200 Å². The predicted molar refractivity (Wildman–Crippen MR) is 136 cm³/mol. The molecule has 32 heavy (non-hydrogen) atoms. The van der Waals surface area contributed by atoms with E-state index in [-0.39, 0.29) is 0 Å². The molecule has 0 fully saturated rings. The summed E-state index contributed by atoms with van der Waals surface area (Å²) in [6.45, 7) is 1.85. The number of halogens is 2. The van der Waals surface area contributed by atoms with Crippen LogP contribution in [-0.4, -0.2) is 16.5 Å². The van der Waals surface area contributed by atoms with Crippen LogP contribution in [0.3, 0.4) is 0 Å². The molecule has 0 saturated carbocycles. The molecule has 0 saturated heterocycles. The number of anilines is 1. The van der Waals surface area contributed by atoms with E-state index in [1.165, 1.54) is 11.3 Å². The van der Waals surface area contributed by atoms with Gasteiger partial charge in [-0.05, 0) is 61.0 Å². The van der Waals surface area contributed by atoms with Crippen molar-refractivity contribution in [3.05, 3.63) is 99.1 Å². The molecule has 0 spiro atoms. The van der Waals surface area contributed by atoms with Crippen molar-refractivity contribution in [2.45, 2.75) is 6.92 Å². The van der Waals surface area contributed by atoms with Gasteiger partial charge < -0.3 is 0 Å². The van der Waals surface area contributed by atoms with Gasteiger partial charge in [-0.15, -0.1) is 16.4 Å². The van der Waals surface area contributed by atoms with E-state index >= 15 is 0 Å². The minimum atomic E-state index is 0.664. The zero-order valence-corrected chi connectivity index (χ0v) is 19.4. The highest BCUT2D eigenvalue weighted by atomic mass is 35.5. The van der Waals surface area contributed by atoms with E-state index < -0.39 is 0 Å². The van der Waals surface area contributed by atoms with Crippen molar-refractivity contribution in [1.82, 2.24) is 4.57 Å². The number of rotatable bonds is 6. The summed E-state index contributed by atoms with van der Waals surface area (Å²) in [7, 11) is 0. The molecule has 0 aliphatic carbocycles. The maximum Gasteiger partial charge on any atom is 0.215 e. The van der Waals surface area contributed by atoms with Crippen LogP contribution in [0.5, 0.6) is 0 Å². The molecular weight excluding hydrogens is 461 g/mol. The van der Waals surface area contributed by atoms with Gasteiger partial charge in [0.2, 0.25) is 4.80 Å². The zero-order chi connectivity index (χ0) is 22.3. The number of nitrogens with zero attached hydrogens (tertiary/aromatic N) is 4. The second-order valence-corrected chi connectivity index (χ2v) is 8.51. The maximum atomic E-state index is 6.10. The molecule has 1 aromatic heterocycles. The zero-order valence-electron chi connectivity index (χ0n) is 17.1. The number of thiazole rings is 1. The van der Waals surface area contributed by atoms with Gasteiger partial charge in [-0.25, -0.2) is 0 Å². The lowest BCUT2D eigenvalue weighted by Crippen LogP contribution is -2.13. The molecule has 0 radical (unpaired) electrons. The van der Waals surface area contributed by atoms with Crippen LogP contribution in [-0.2, 0) is 0 Å². The Bertz CT molecular complexity index is 1310. The van der Waals surface area contributed by atoms with Crippen molar-refractivity contribution >= 4 is 52.2 Å². The first kappa shape index (κ1) is 22.0. The maximum absolute atomic E-state index is 6.10. The number of para-hydroxylation sites is 1. The van der Waals surface area contributed by atoms with E-state index in [4.69, 9.17) is 23.2 Å². The van der Waals surface area contributed by atoms with Gasteiger partial charge in [0.15, 0.2) is 0 Å². The standard InChI is InChI=1S/C24H19Cl2N5S/c1-17(15-27-29-21-5-3-2-4-6-21)28-30-24-31(22-13-11-20(26)12-14-22)23(16-32-24)18-7-9-19(25)10-8-18/h2-16,29H,1H3/b27-15+,28-17+,30-24-. The molecule has 0 aliphatic heterocycles. The summed E-state index contributed by atoms with van der Waals surface area (Å²) in [5.74, 6) is 0. The number of benzene rings is 3. The van der Waals surface area contributed by atoms with Gasteiger partial charge in [0.05, 0.1) is 23.3 Å². The minimum Gasteiger partial charge on any atom is -0.284 e. The Morgan fingerprint density at radius 2 is 1.56 bits per heavy atom. The topological polar surface area (TPSA) is 54.0 Å². The number of nitrogens with one attached hydrogen (secondary N) is 1. The molecule has 160 valence electrons. The fourth-order valence-electron chi connectivity index (χ4n) is 2.90. The van der Waals surface area contributed by atoms with Crippen LogP contribution < -0.4 is 10.2 Å². The third-order valence-electron chi connectivity index (χ3n) is 4.45. The normalized spacial score (nSPS) is 12.5. The number of hydrogen-bond donors (Lipinski definition) is 1. The average Bonchev–Trinajstić information content (AvgIpc) is 3.23. The van der Waals surface area contributed by atoms with Crippen LogP contribution in [0, 0.1) is 0 Å². The molecule has 1 heterocycles. The molecular formula is C24H19Cl2N5S. The summed E-state index contributed by atoms with van der Waals surface area (Å²) in [6, 6.07) is 25.0. The summed E-state index contributed by atoms with van der Waals surface area (Å²) >= 11 is 13.7. The van der Waals surface area contributed by atoms with Crippen LogP contribution in [0.15, 0.2) is 99.5 Å². The molecule has 1 N–H and O–H groups in total. The molecule has 4 rings (SSSR count). The molecule has 3 aromatic carbocycles. The monoisotopic (exact) mass is 479 g/mol. The molecule has 0 aliphatic rings. The summed E-state index contributed by atoms with van der Waals surface area (Å²) in [5, 5.41) is 16.5. The molecule has 0 amide bonds. The second kappa shape index (κ2) is 10.4. The second-order valence-electron chi connectivity index (χ2n) is 6.80. The third-order valence-corrected chi connectivity index (χ3v) is 5.77. The van der Waals surface area contributed by atoms with Gasteiger partial charge in [0, 0.05) is 21.1 Å². The first-order chi connectivity index (χ1) is 15.6. The lowest BCUT2D eigenvalue weighted by Gasteiger charge is -2.09. The van der Waals surface area contributed by atoms with Crippen molar-refractivity contribution in [2.75, 3.05) is 5.43 Å². The Morgan fingerprint density at radius 1 is 0.906 bits per heavy atom. The van der Waals surface area contributed by atoms with Gasteiger partial charge in [-0.1, -0.05) is 53.5 Å². The van der Waals surface area contributed by atoms with Gasteiger partial charge in [0.25, 0.3) is 0 Å². The number of hydrogen-bond acceptors (Lipinski definition) is 5. The van der Waals surface area contributed by atoms with Gasteiger partial charge in [0.1, 0.15) is 0 Å². The summed E-state index contributed by atoms with van der Waals surface area (Å²) in [5.41, 5.74) is 7.48. The van der Waals surface area contributed by atoms with Gasteiger partial charge >= 0.3 is 0 Å². The highest BCUT2D eigenvalue weighted by Gasteiger charge is 2.10. The van der Waals surface area contributed by atoms with E-state index in [1.807, 2.05) is 95.7 Å². The Balaban J connectivity index is 1.68. The highest BCUT2D eigenvalue weighted by molar-refractivity contribution is 7.07. The molecule has 0 bridgehead atoms. The van der Waals surface area contributed by atoms with E-state index in [1.54, 1.807) is 6.21 Å². The minimum absolute atomic E-state index is 0.664. The van der Waals surface area contributed by atoms with E-state index in [9.17, 15) is 0 Å². The molecule has 4 aromatic rings. The SMILES string of the molecule is CC(/C=N/Nc1ccccc1)=N\N=c1/scc(-c2ccc(Cl)cc2)n1-c1ccc(Cl)cc1. The van der Waals surface area contributed by atoms with Crippen LogP contribution in [0.1, 0.15) is 6.92 Å². The van der Waals surface area contributed by atoms with E-state index in [0.717, 1.165) is 27.4 Å². The van der Waals surface area contributed by atoms with Crippen LogP contribution in [0.4, 0.5) is 5.69 Å². The summed E-state index contributed by atoms with van der Waals surface area (Å²) < 4.78 is 2.04. The third kappa shape index (κ3) is 5.53. The number of aromatic nitrogens is 1. The van der Waals surface area contributed by atoms with Crippen LogP contribution >= 0.6 is 34.5 Å². The highest BCUT2D eigenvalue weighted by Crippen LogP contribution is 2.25. The Kier molecular flexibility index (Phi) is 7.17. The van der Waals surface area contributed by atoms with E-state index in [2.05, 4.69) is 20.7 Å². The summed E-state index contributed by atoms with van der Waals surface area (Å²) in [6.07, 6.45) is 1.64. The first-order valence-corrected chi connectivity index (χ1v) is 11.4. The molecule has 8 heteroatoms. The quantitative estimate of drug-likeness (QED) is 0.237. The Morgan fingerprint density at radius 3 is 2.25 bits per heavy atom. The Hall–Kier alpha value is -3.19. The van der Waals surface area contributed by atoms with Crippen LogP contribution in [0.2, 0.25) is 10.0 Å². The van der Waals surface area contributed by atoms with Crippen molar-refractivity contribution in [1.29, 1.82) is 0 Å². The van der Waals surface area contributed by atoms with Crippen molar-refractivity contribution in [2.24, 2.45) is 15.3 Å². The summed E-state index contributed by atoms with van der Waals surface area (Å²) in [4.78, 5) is 0.723. The van der Waals surface area contributed by atoms with Crippen molar-refractivity contribution in [3.8, 4) is 16.9 Å². The fraction of sp³-hybridized carbons (Fsp3) is 0.0417. The molecule has 5 nitrogen and oxygen atoms in total. The lowest BCUT2D eigenvalue weighted by atomic mass is 10.1. The first-order valence-electron chi connectivity index (χ1n) is 9.75. The average molecular weight is 480 g/mol. The fourth-order valence-corrected chi connectivity index (χ4v) is 4.01. The smallest absolute Gasteiger partial charge is 0.215 e. The van der Waals surface area contributed by atoms with Crippen LogP contribution in [0.25, 0.3) is 16.9 Å². The van der Waals surface area contributed by atoms with E-state index in [0.29, 0.717) is 15.8 Å². The lowest BCUT2D eigenvalue weighted by molar-refractivity contribution is 0.971. The van der Waals surface area contributed by atoms with Gasteiger partial charge in [-0.3, -0.25) is 9.99 Å². The van der Waals surface area contributed by atoms with Gasteiger partial charge in [-0.2, -0.15) is 10.2 Å².